The van der Waals surface area contributed by atoms with Crippen molar-refractivity contribution < 1.29 is 23.8 Å². The van der Waals surface area contributed by atoms with E-state index in [1.165, 1.54) is 14.2 Å². The number of carbonyl (C=O) groups is 2. The van der Waals surface area contributed by atoms with Crippen molar-refractivity contribution in [2.24, 2.45) is 0 Å². The summed E-state index contributed by atoms with van der Waals surface area (Å²) in [5.74, 6) is 0.182. The lowest BCUT2D eigenvalue weighted by Crippen LogP contribution is -2.40. The molecule has 1 heterocycles. The Labute approximate surface area is 156 Å². The largest absolute Gasteiger partial charge is 0.495 e. The van der Waals surface area contributed by atoms with Gasteiger partial charge in [-0.3, -0.25) is 4.79 Å². The number of methoxy groups -OCH3 is 2. The number of rotatable bonds is 5. The summed E-state index contributed by atoms with van der Waals surface area (Å²) in [6.07, 6.45) is 3.43. The molecule has 0 aliphatic carbocycles. The average molecular weight is 414 g/mol. The van der Waals surface area contributed by atoms with Crippen molar-refractivity contribution in [1.29, 1.82) is 0 Å². The Morgan fingerprint density at radius 1 is 1.04 bits per heavy atom. The number of ether oxygens (including phenoxy) is 3. The maximum Gasteiger partial charge on any atom is 0.339 e. The Morgan fingerprint density at radius 3 is 2.04 bits per heavy atom. The minimum Gasteiger partial charge on any atom is -0.495 e. The Balaban J connectivity index is 2.09. The first-order valence-corrected chi connectivity index (χ1v) is 9.18. The Kier molecular flexibility index (Phi) is 7.11. The fourth-order valence-corrected chi connectivity index (χ4v) is 3.37. The molecule has 0 aromatic heterocycles. The minimum atomic E-state index is -0.828. The van der Waals surface area contributed by atoms with Crippen LogP contribution in [-0.4, -0.2) is 50.2 Å². The number of nitrogens with zero attached hydrogens (tertiary/aromatic N) is 1. The molecule has 1 aliphatic heterocycles. The van der Waals surface area contributed by atoms with Crippen LogP contribution >= 0.6 is 15.9 Å². The third-order valence-electron chi connectivity index (χ3n) is 4.23. The predicted molar refractivity (Wildman–Crippen MR) is 97.2 cm³/mol. The normalized spacial score (nSPS) is 15.9. The third-order valence-corrected chi connectivity index (χ3v) is 5.01. The zero-order chi connectivity index (χ0) is 18.4. The number of esters is 1. The summed E-state index contributed by atoms with van der Waals surface area (Å²) >= 11 is 3.36. The van der Waals surface area contributed by atoms with Gasteiger partial charge in [-0.15, -0.1) is 0 Å². The van der Waals surface area contributed by atoms with Crippen molar-refractivity contribution in [2.45, 2.75) is 38.7 Å². The quantitative estimate of drug-likeness (QED) is 0.691. The first-order chi connectivity index (χ1) is 12.0. The third kappa shape index (κ3) is 4.87. The molecule has 25 heavy (non-hydrogen) atoms. The van der Waals surface area contributed by atoms with Crippen molar-refractivity contribution in [3.05, 3.63) is 22.2 Å². The van der Waals surface area contributed by atoms with Crippen LogP contribution < -0.4 is 9.47 Å². The molecule has 1 amide bonds. The Hall–Kier alpha value is -1.76. The smallest absolute Gasteiger partial charge is 0.339 e. The van der Waals surface area contributed by atoms with E-state index in [4.69, 9.17) is 14.2 Å². The summed E-state index contributed by atoms with van der Waals surface area (Å²) in [5, 5.41) is 0. The first-order valence-electron chi connectivity index (χ1n) is 8.39. The second-order valence-electron chi connectivity index (χ2n) is 5.98. The van der Waals surface area contributed by atoms with Crippen molar-refractivity contribution in [2.75, 3.05) is 27.3 Å². The molecular weight excluding hydrogens is 390 g/mol. The number of likely N-dealkylation sites (tertiary alicyclic amines) is 1. The van der Waals surface area contributed by atoms with Crippen LogP contribution in [-0.2, 0) is 9.53 Å². The fourth-order valence-electron chi connectivity index (χ4n) is 2.81. The molecule has 1 atom stereocenters. The molecule has 1 unspecified atom stereocenters. The van der Waals surface area contributed by atoms with E-state index in [1.54, 1.807) is 24.0 Å². The van der Waals surface area contributed by atoms with Crippen LogP contribution in [0.15, 0.2) is 16.6 Å². The van der Waals surface area contributed by atoms with Crippen LogP contribution in [0.1, 0.15) is 43.0 Å². The van der Waals surface area contributed by atoms with Gasteiger partial charge >= 0.3 is 5.97 Å². The molecule has 2 rings (SSSR count). The number of carbonyl (C=O) groups excluding carboxylic acids is 2. The zero-order valence-corrected chi connectivity index (χ0v) is 16.4. The van der Waals surface area contributed by atoms with E-state index < -0.39 is 12.1 Å². The summed E-state index contributed by atoms with van der Waals surface area (Å²) in [5.41, 5.74) is 0.271. The van der Waals surface area contributed by atoms with Gasteiger partial charge in [-0.2, -0.15) is 0 Å². The molecule has 1 aromatic rings. The van der Waals surface area contributed by atoms with Gasteiger partial charge in [-0.25, -0.2) is 4.79 Å². The van der Waals surface area contributed by atoms with Gasteiger partial charge < -0.3 is 19.1 Å². The Morgan fingerprint density at radius 2 is 1.56 bits per heavy atom. The van der Waals surface area contributed by atoms with Crippen LogP contribution in [0.5, 0.6) is 11.5 Å². The van der Waals surface area contributed by atoms with Crippen molar-refractivity contribution in [3.8, 4) is 11.5 Å². The van der Waals surface area contributed by atoms with Crippen LogP contribution in [0.3, 0.4) is 0 Å². The number of amides is 1. The van der Waals surface area contributed by atoms with E-state index >= 15 is 0 Å². The van der Waals surface area contributed by atoms with E-state index in [-0.39, 0.29) is 11.5 Å². The van der Waals surface area contributed by atoms with E-state index in [0.29, 0.717) is 16.0 Å². The van der Waals surface area contributed by atoms with Crippen LogP contribution in [0.4, 0.5) is 0 Å². The standard InChI is InChI=1S/C18H24BrNO5/c1-12(17(21)20-8-6-4-5-7-9-20)25-18(22)13-10-14(23-2)16(19)15(11-13)24-3/h10-12H,4-9H2,1-3H3. The van der Waals surface area contributed by atoms with Gasteiger partial charge in [0.05, 0.1) is 19.8 Å². The maximum absolute atomic E-state index is 12.5. The second kappa shape index (κ2) is 9.08. The van der Waals surface area contributed by atoms with Crippen LogP contribution in [0.25, 0.3) is 0 Å². The molecular formula is C18H24BrNO5. The molecule has 0 saturated carbocycles. The summed E-state index contributed by atoms with van der Waals surface area (Å²) in [6.45, 7) is 3.06. The highest BCUT2D eigenvalue weighted by Crippen LogP contribution is 2.35. The van der Waals surface area contributed by atoms with E-state index in [1.807, 2.05) is 0 Å². The summed E-state index contributed by atoms with van der Waals surface area (Å²) in [4.78, 5) is 26.7. The molecule has 1 saturated heterocycles. The number of hydrogen-bond acceptors (Lipinski definition) is 5. The van der Waals surface area contributed by atoms with Gasteiger partial charge in [0, 0.05) is 13.1 Å². The summed E-state index contributed by atoms with van der Waals surface area (Å²) < 4.78 is 16.4. The highest BCUT2D eigenvalue weighted by atomic mass is 79.9. The van der Waals surface area contributed by atoms with Crippen LogP contribution in [0.2, 0.25) is 0 Å². The van der Waals surface area contributed by atoms with E-state index in [0.717, 1.165) is 38.8 Å². The number of benzene rings is 1. The molecule has 0 radical (unpaired) electrons. The molecule has 7 heteroatoms. The zero-order valence-electron chi connectivity index (χ0n) is 14.8. The molecule has 138 valence electrons. The second-order valence-corrected chi connectivity index (χ2v) is 6.77. The molecule has 6 nitrogen and oxygen atoms in total. The van der Waals surface area contributed by atoms with Gasteiger partial charge in [0.25, 0.3) is 5.91 Å². The van der Waals surface area contributed by atoms with Gasteiger partial charge in [0.15, 0.2) is 6.10 Å². The number of hydrogen-bond donors (Lipinski definition) is 0. The maximum atomic E-state index is 12.5. The van der Waals surface area contributed by atoms with E-state index in [9.17, 15) is 9.59 Å². The molecule has 1 fully saturated rings. The molecule has 0 N–H and O–H groups in total. The first kappa shape index (κ1) is 19.6. The molecule has 1 aromatic carbocycles. The summed E-state index contributed by atoms with van der Waals surface area (Å²) in [7, 11) is 3.00. The lowest BCUT2D eigenvalue weighted by atomic mass is 10.2. The molecule has 0 bridgehead atoms. The van der Waals surface area contributed by atoms with Gasteiger partial charge in [0.2, 0.25) is 0 Å². The fraction of sp³-hybridized carbons (Fsp3) is 0.556. The molecule has 1 aliphatic rings. The monoisotopic (exact) mass is 413 g/mol. The topological polar surface area (TPSA) is 65.1 Å². The van der Waals surface area contributed by atoms with Gasteiger partial charge in [-0.05, 0) is 47.8 Å². The van der Waals surface area contributed by atoms with Gasteiger partial charge in [-0.1, -0.05) is 12.8 Å². The summed E-state index contributed by atoms with van der Waals surface area (Å²) in [6, 6.07) is 3.11. The number of halogens is 1. The highest BCUT2D eigenvalue weighted by molar-refractivity contribution is 9.10. The van der Waals surface area contributed by atoms with Crippen molar-refractivity contribution in [1.82, 2.24) is 4.90 Å². The van der Waals surface area contributed by atoms with Crippen molar-refractivity contribution in [3.63, 3.8) is 0 Å². The van der Waals surface area contributed by atoms with E-state index in [2.05, 4.69) is 15.9 Å². The average Bonchev–Trinajstić information content (AvgIpc) is 2.90. The van der Waals surface area contributed by atoms with Crippen LogP contribution in [0, 0.1) is 0 Å². The lowest BCUT2D eigenvalue weighted by Gasteiger charge is -2.24. The van der Waals surface area contributed by atoms with Crippen molar-refractivity contribution >= 4 is 27.8 Å². The van der Waals surface area contributed by atoms with Gasteiger partial charge in [0.1, 0.15) is 16.0 Å². The lowest BCUT2D eigenvalue weighted by molar-refractivity contribution is -0.139. The molecule has 0 spiro atoms. The predicted octanol–water partition coefficient (Wildman–Crippen LogP) is 3.41. The minimum absolute atomic E-state index is 0.147. The SMILES string of the molecule is COc1cc(C(=O)OC(C)C(=O)N2CCCCCC2)cc(OC)c1Br. The Bertz CT molecular complexity index is 601. The highest BCUT2D eigenvalue weighted by Gasteiger charge is 2.25.